The van der Waals surface area contributed by atoms with Crippen LogP contribution < -0.4 is 5.32 Å². The Hall–Kier alpha value is -1.77. The molecule has 3 heteroatoms. The minimum Gasteiger partial charge on any atom is -0.478 e. The molecule has 0 heterocycles. The second-order valence-electron chi connectivity index (χ2n) is 4.00. The number of allylic oxidation sites excluding steroid dienone is 1. The van der Waals surface area contributed by atoms with Gasteiger partial charge in [0.1, 0.15) is 0 Å². The van der Waals surface area contributed by atoms with Crippen LogP contribution in [0, 0.1) is 0 Å². The molecular formula is C14H19NO2. The standard InChI is InChI=1S/C14H19NO2/c1-3-7-13(14(16)17)11(2)15-10-12-8-5-4-6-9-12/h4-6,8-9,15H,3,7,10H2,1-2H3,(H,16,17). The summed E-state index contributed by atoms with van der Waals surface area (Å²) in [6, 6.07) is 9.94. The molecule has 0 atom stereocenters. The zero-order valence-corrected chi connectivity index (χ0v) is 10.4. The third kappa shape index (κ3) is 4.31. The van der Waals surface area contributed by atoms with E-state index in [4.69, 9.17) is 5.11 Å². The number of carboxylic acids is 1. The normalized spacial score (nSPS) is 11.9. The van der Waals surface area contributed by atoms with Crippen molar-refractivity contribution in [3.63, 3.8) is 0 Å². The van der Waals surface area contributed by atoms with Crippen molar-refractivity contribution in [2.75, 3.05) is 0 Å². The fourth-order valence-electron chi connectivity index (χ4n) is 1.64. The number of rotatable bonds is 6. The zero-order chi connectivity index (χ0) is 12.7. The van der Waals surface area contributed by atoms with E-state index < -0.39 is 5.97 Å². The Bertz CT molecular complexity index is 396. The fourth-order valence-corrected chi connectivity index (χ4v) is 1.64. The highest BCUT2D eigenvalue weighted by Gasteiger charge is 2.09. The molecule has 0 aliphatic carbocycles. The van der Waals surface area contributed by atoms with E-state index in [0.717, 1.165) is 17.7 Å². The van der Waals surface area contributed by atoms with Gasteiger partial charge >= 0.3 is 5.97 Å². The quantitative estimate of drug-likeness (QED) is 0.743. The van der Waals surface area contributed by atoms with Gasteiger partial charge < -0.3 is 10.4 Å². The van der Waals surface area contributed by atoms with Crippen LogP contribution in [0.15, 0.2) is 41.6 Å². The van der Waals surface area contributed by atoms with E-state index >= 15 is 0 Å². The summed E-state index contributed by atoms with van der Waals surface area (Å²) >= 11 is 0. The number of hydrogen-bond donors (Lipinski definition) is 2. The zero-order valence-electron chi connectivity index (χ0n) is 10.4. The van der Waals surface area contributed by atoms with Crippen LogP contribution in [0.5, 0.6) is 0 Å². The highest BCUT2D eigenvalue weighted by Crippen LogP contribution is 2.10. The predicted molar refractivity (Wildman–Crippen MR) is 68.5 cm³/mol. The number of nitrogens with one attached hydrogen (secondary N) is 1. The molecule has 1 aromatic rings. The van der Waals surface area contributed by atoms with Gasteiger partial charge in [0, 0.05) is 12.2 Å². The molecule has 0 radical (unpaired) electrons. The van der Waals surface area contributed by atoms with E-state index in [0.29, 0.717) is 18.5 Å². The van der Waals surface area contributed by atoms with E-state index in [-0.39, 0.29) is 0 Å². The van der Waals surface area contributed by atoms with Crippen molar-refractivity contribution < 1.29 is 9.90 Å². The van der Waals surface area contributed by atoms with Crippen molar-refractivity contribution in [3.05, 3.63) is 47.2 Å². The maximum absolute atomic E-state index is 11.0. The van der Waals surface area contributed by atoms with Gasteiger partial charge in [-0.2, -0.15) is 0 Å². The smallest absolute Gasteiger partial charge is 0.333 e. The molecular weight excluding hydrogens is 214 g/mol. The summed E-state index contributed by atoms with van der Waals surface area (Å²) in [5, 5.41) is 12.2. The number of hydrogen-bond acceptors (Lipinski definition) is 2. The second-order valence-corrected chi connectivity index (χ2v) is 4.00. The Morgan fingerprint density at radius 1 is 1.29 bits per heavy atom. The van der Waals surface area contributed by atoms with Gasteiger partial charge in [-0.25, -0.2) is 4.79 Å². The Balaban J connectivity index is 2.66. The average molecular weight is 233 g/mol. The van der Waals surface area contributed by atoms with Crippen LogP contribution in [0.2, 0.25) is 0 Å². The van der Waals surface area contributed by atoms with Crippen LogP contribution >= 0.6 is 0 Å². The molecule has 0 aliphatic rings. The van der Waals surface area contributed by atoms with E-state index in [9.17, 15) is 4.79 Å². The maximum atomic E-state index is 11.0. The molecule has 0 fully saturated rings. The van der Waals surface area contributed by atoms with Crippen LogP contribution in [-0.2, 0) is 11.3 Å². The third-order valence-corrected chi connectivity index (χ3v) is 2.61. The molecule has 2 N–H and O–H groups in total. The summed E-state index contributed by atoms with van der Waals surface area (Å²) in [6.45, 7) is 4.46. The van der Waals surface area contributed by atoms with Crippen molar-refractivity contribution >= 4 is 5.97 Å². The number of carbonyl (C=O) groups is 1. The van der Waals surface area contributed by atoms with Crippen LogP contribution in [0.4, 0.5) is 0 Å². The maximum Gasteiger partial charge on any atom is 0.333 e. The van der Waals surface area contributed by atoms with Crippen LogP contribution in [-0.4, -0.2) is 11.1 Å². The average Bonchev–Trinajstić information content (AvgIpc) is 2.34. The van der Waals surface area contributed by atoms with Crippen molar-refractivity contribution in [1.82, 2.24) is 5.32 Å². The molecule has 0 aliphatic heterocycles. The molecule has 0 unspecified atom stereocenters. The monoisotopic (exact) mass is 233 g/mol. The summed E-state index contributed by atoms with van der Waals surface area (Å²) < 4.78 is 0. The Labute approximate surface area is 102 Å². The summed E-state index contributed by atoms with van der Waals surface area (Å²) in [4.78, 5) is 11.0. The van der Waals surface area contributed by atoms with Gasteiger partial charge in [-0.3, -0.25) is 0 Å². The molecule has 3 nitrogen and oxygen atoms in total. The highest BCUT2D eigenvalue weighted by molar-refractivity contribution is 5.87. The van der Waals surface area contributed by atoms with Crippen LogP contribution in [0.3, 0.4) is 0 Å². The van der Waals surface area contributed by atoms with Gasteiger partial charge in [0.25, 0.3) is 0 Å². The topological polar surface area (TPSA) is 49.3 Å². The predicted octanol–water partition coefficient (Wildman–Crippen LogP) is 2.93. The fraction of sp³-hybridized carbons (Fsp3) is 0.357. The van der Waals surface area contributed by atoms with Crippen molar-refractivity contribution in [3.8, 4) is 0 Å². The molecule has 0 saturated heterocycles. The largest absolute Gasteiger partial charge is 0.478 e. The summed E-state index contributed by atoms with van der Waals surface area (Å²) in [5.74, 6) is -0.829. The lowest BCUT2D eigenvalue weighted by Gasteiger charge is -2.10. The van der Waals surface area contributed by atoms with E-state index in [1.54, 1.807) is 0 Å². The molecule has 0 aromatic heterocycles. The summed E-state index contributed by atoms with van der Waals surface area (Å²) in [5.41, 5.74) is 2.37. The molecule has 1 aromatic carbocycles. The number of aliphatic carboxylic acids is 1. The van der Waals surface area contributed by atoms with Gasteiger partial charge in [0.05, 0.1) is 5.57 Å². The first-order valence-corrected chi connectivity index (χ1v) is 5.86. The Morgan fingerprint density at radius 3 is 2.47 bits per heavy atom. The Kier molecular flexibility index (Phi) is 5.27. The van der Waals surface area contributed by atoms with Gasteiger partial charge in [-0.05, 0) is 18.9 Å². The van der Waals surface area contributed by atoms with Gasteiger partial charge in [-0.1, -0.05) is 43.7 Å². The summed E-state index contributed by atoms with van der Waals surface area (Å²) in [7, 11) is 0. The first-order chi connectivity index (χ1) is 8.15. The molecule has 17 heavy (non-hydrogen) atoms. The van der Waals surface area contributed by atoms with Crippen LogP contribution in [0.25, 0.3) is 0 Å². The lowest BCUT2D eigenvalue weighted by atomic mass is 10.1. The molecule has 0 amide bonds. The van der Waals surface area contributed by atoms with E-state index in [1.807, 2.05) is 44.2 Å². The first kappa shape index (κ1) is 13.3. The highest BCUT2D eigenvalue weighted by atomic mass is 16.4. The van der Waals surface area contributed by atoms with E-state index in [1.165, 1.54) is 0 Å². The van der Waals surface area contributed by atoms with Gasteiger partial charge in [0.15, 0.2) is 0 Å². The summed E-state index contributed by atoms with van der Waals surface area (Å²) in [6.07, 6.45) is 1.44. The minimum absolute atomic E-state index is 0.475. The SMILES string of the molecule is CCCC(C(=O)O)=C(C)NCc1ccccc1. The van der Waals surface area contributed by atoms with Crippen molar-refractivity contribution in [2.45, 2.75) is 33.2 Å². The van der Waals surface area contributed by atoms with Crippen molar-refractivity contribution in [2.24, 2.45) is 0 Å². The van der Waals surface area contributed by atoms with E-state index in [2.05, 4.69) is 5.32 Å². The minimum atomic E-state index is -0.829. The van der Waals surface area contributed by atoms with Crippen LogP contribution in [0.1, 0.15) is 32.3 Å². The number of benzene rings is 1. The Morgan fingerprint density at radius 2 is 1.94 bits per heavy atom. The van der Waals surface area contributed by atoms with Crippen molar-refractivity contribution in [1.29, 1.82) is 0 Å². The molecule has 1 rings (SSSR count). The first-order valence-electron chi connectivity index (χ1n) is 5.86. The molecule has 92 valence electrons. The van der Waals surface area contributed by atoms with Gasteiger partial charge in [0.2, 0.25) is 0 Å². The number of carboxylic acid groups (broad SMARTS) is 1. The lowest BCUT2D eigenvalue weighted by Crippen LogP contribution is -2.16. The second kappa shape index (κ2) is 6.74. The molecule has 0 spiro atoms. The molecule has 0 bridgehead atoms. The lowest BCUT2D eigenvalue weighted by molar-refractivity contribution is -0.132. The third-order valence-electron chi connectivity index (χ3n) is 2.61. The molecule has 0 saturated carbocycles. The van der Waals surface area contributed by atoms with Gasteiger partial charge in [-0.15, -0.1) is 0 Å².